The molecule has 3 heterocycles. The number of ether oxygens (including phenoxy) is 3. The van der Waals surface area contributed by atoms with Crippen molar-refractivity contribution in [3.8, 4) is 17.5 Å². The van der Waals surface area contributed by atoms with Gasteiger partial charge < -0.3 is 19.1 Å². The summed E-state index contributed by atoms with van der Waals surface area (Å²) in [7, 11) is 1.45. The topological polar surface area (TPSA) is 73.8 Å². The highest BCUT2D eigenvalue weighted by molar-refractivity contribution is 5.82. The van der Waals surface area contributed by atoms with Crippen molar-refractivity contribution in [3.05, 3.63) is 41.2 Å². The highest BCUT2D eigenvalue weighted by atomic mass is 19.4. The van der Waals surface area contributed by atoms with Crippen molar-refractivity contribution in [2.75, 3.05) is 20.3 Å². The van der Waals surface area contributed by atoms with E-state index in [0.29, 0.717) is 54.8 Å². The fourth-order valence-electron chi connectivity index (χ4n) is 5.01. The molecule has 35 heavy (non-hydrogen) atoms. The van der Waals surface area contributed by atoms with Gasteiger partial charge in [0.15, 0.2) is 5.75 Å². The zero-order valence-corrected chi connectivity index (χ0v) is 20.1. The number of halogens is 3. The second kappa shape index (κ2) is 10.3. The Hall–Kier alpha value is -3.04. The van der Waals surface area contributed by atoms with E-state index >= 15 is 0 Å². The van der Waals surface area contributed by atoms with Crippen LogP contribution in [-0.2, 0) is 11.3 Å². The van der Waals surface area contributed by atoms with E-state index < -0.39 is 18.1 Å². The Kier molecular flexibility index (Phi) is 7.37. The van der Waals surface area contributed by atoms with E-state index in [2.05, 4.69) is 9.97 Å². The summed E-state index contributed by atoms with van der Waals surface area (Å²) >= 11 is 0. The van der Waals surface area contributed by atoms with Gasteiger partial charge >= 0.3 is 12.1 Å². The number of aryl methyl sites for hydroxylation is 1. The van der Waals surface area contributed by atoms with Gasteiger partial charge in [0.25, 0.3) is 5.88 Å². The van der Waals surface area contributed by atoms with Gasteiger partial charge in [-0.1, -0.05) is 13.3 Å². The first-order valence-corrected chi connectivity index (χ1v) is 11.8. The van der Waals surface area contributed by atoms with Gasteiger partial charge in [0.05, 0.1) is 7.11 Å². The Balaban J connectivity index is 1.56. The molecule has 3 atom stereocenters. The maximum absolute atomic E-state index is 13.6. The van der Waals surface area contributed by atoms with Gasteiger partial charge in [-0.15, -0.1) is 0 Å². The monoisotopic (exact) mass is 493 g/mol. The number of pyridine rings is 2. The predicted octanol–water partition coefficient (Wildman–Crippen LogP) is 4.82. The predicted molar refractivity (Wildman–Crippen MR) is 122 cm³/mol. The van der Waals surface area contributed by atoms with E-state index in [1.54, 1.807) is 19.1 Å². The van der Waals surface area contributed by atoms with E-state index in [1.807, 2.05) is 19.1 Å². The lowest BCUT2D eigenvalue weighted by Crippen LogP contribution is -2.48. The molecule has 0 N–H and O–H groups in total. The zero-order chi connectivity index (χ0) is 25.2. The summed E-state index contributed by atoms with van der Waals surface area (Å²) in [6, 6.07) is 6.42. The van der Waals surface area contributed by atoms with Gasteiger partial charge in [0, 0.05) is 36.0 Å². The summed E-state index contributed by atoms with van der Waals surface area (Å²) in [6.45, 7) is 4.50. The molecule has 2 aliphatic rings. The molecule has 2 aromatic rings. The average Bonchev–Trinajstić information content (AvgIpc) is 2.85. The smallest absolute Gasteiger partial charge is 0.471 e. The van der Waals surface area contributed by atoms with E-state index in [9.17, 15) is 18.0 Å². The van der Waals surface area contributed by atoms with Crippen LogP contribution in [0.25, 0.3) is 0 Å². The first kappa shape index (κ1) is 25.1. The first-order valence-electron chi connectivity index (χ1n) is 11.8. The number of hydrogen-bond acceptors (Lipinski definition) is 6. The molecule has 10 heteroatoms. The fourth-order valence-corrected chi connectivity index (χ4v) is 5.01. The second-order valence-corrected chi connectivity index (χ2v) is 9.20. The maximum atomic E-state index is 13.6. The molecule has 1 fully saturated rings. The van der Waals surface area contributed by atoms with Crippen LogP contribution in [-0.4, -0.2) is 53.3 Å². The Morgan fingerprint density at radius 3 is 2.71 bits per heavy atom. The number of amides is 1. The molecule has 0 spiro atoms. The molecule has 1 amide bonds. The quantitative estimate of drug-likeness (QED) is 0.575. The third-order valence-electron chi connectivity index (χ3n) is 6.78. The van der Waals surface area contributed by atoms with Crippen LogP contribution in [0.2, 0.25) is 0 Å². The molecule has 1 aliphatic carbocycles. The molecule has 2 unspecified atom stereocenters. The number of methoxy groups -OCH3 is 1. The molecule has 1 saturated carbocycles. The number of alkyl halides is 3. The number of carbonyl (C=O) groups excluding carboxylic acids is 1. The molecule has 0 bridgehead atoms. The van der Waals surface area contributed by atoms with Crippen LogP contribution in [0.15, 0.2) is 24.3 Å². The average molecular weight is 494 g/mol. The molecular formula is C25H30F3N3O4. The second-order valence-electron chi connectivity index (χ2n) is 9.20. The minimum Gasteiger partial charge on any atom is -0.484 e. The van der Waals surface area contributed by atoms with Crippen molar-refractivity contribution in [2.45, 2.75) is 64.2 Å². The number of aromatic nitrogens is 2. The van der Waals surface area contributed by atoms with Crippen LogP contribution in [0, 0.1) is 12.8 Å². The van der Waals surface area contributed by atoms with Crippen molar-refractivity contribution in [1.29, 1.82) is 0 Å². The number of rotatable bonds is 6. The van der Waals surface area contributed by atoms with Crippen LogP contribution >= 0.6 is 0 Å². The molecule has 2 aromatic heterocycles. The van der Waals surface area contributed by atoms with Crippen LogP contribution in [0.3, 0.4) is 0 Å². The summed E-state index contributed by atoms with van der Waals surface area (Å²) < 4.78 is 57.1. The fraction of sp³-hybridized carbons (Fsp3) is 0.560. The SMILES string of the molecule is COc1cc(CN(C(=O)C(F)(F)F)[C@H]2CCCC(C(C)c3ccc4c(n3)OCCO4)C2)cc(C)n1. The van der Waals surface area contributed by atoms with Crippen molar-refractivity contribution in [3.63, 3.8) is 0 Å². The third-order valence-corrected chi connectivity index (χ3v) is 6.78. The third kappa shape index (κ3) is 5.79. The van der Waals surface area contributed by atoms with Gasteiger partial charge in [-0.3, -0.25) is 4.79 Å². The molecular weight excluding hydrogens is 463 g/mol. The lowest BCUT2D eigenvalue weighted by atomic mass is 9.76. The Morgan fingerprint density at radius 2 is 1.97 bits per heavy atom. The van der Waals surface area contributed by atoms with E-state index in [1.165, 1.54) is 7.11 Å². The van der Waals surface area contributed by atoms with Crippen molar-refractivity contribution in [2.24, 2.45) is 5.92 Å². The molecule has 1 aliphatic heterocycles. The molecule has 0 radical (unpaired) electrons. The Morgan fingerprint density at radius 1 is 1.20 bits per heavy atom. The summed E-state index contributed by atoms with van der Waals surface area (Å²) in [5.41, 5.74) is 1.97. The Labute approximate surface area is 202 Å². The largest absolute Gasteiger partial charge is 0.484 e. The molecule has 7 nitrogen and oxygen atoms in total. The molecule has 0 aromatic carbocycles. The van der Waals surface area contributed by atoms with Crippen molar-refractivity contribution >= 4 is 5.91 Å². The van der Waals surface area contributed by atoms with Crippen LogP contribution in [0.5, 0.6) is 17.5 Å². The van der Waals surface area contributed by atoms with Gasteiger partial charge in [0.1, 0.15) is 13.2 Å². The van der Waals surface area contributed by atoms with Crippen molar-refractivity contribution < 1.29 is 32.2 Å². The number of fused-ring (bicyclic) bond motifs is 1. The van der Waals surface area contributed by atoms with E-state index in [-0.39, 0.29) is 18.4 Å². The van der Waals surface area contributed by atoms with E-state index in [0.717, 1.165) is 23.4 Å². The normalized spacial score (nSPS) is 20.7. The standard InChI is InChI=1S/C25H30F3N3O4/c1-15-11-17(12-22(29-15)33-3)14-31(24(32)25(26,27)28)19-6-4-5-18(13-19)16(2)20-7-8-21-23(30-20)35-10-9-34-21/h7-8,11-12,16,18-19H,4-6,9-10,13-14H2,1-3H3/t16?,18?,19-/m0/s1. The van der Waals surface area contributed by atoms with Crippen LogP contribution < -0.4 is 14.2 Å². The van der Waals surface area contributed by atoms with Gasteiger partial charge in [-0.2, -0.15) is 13.2 Å². The van der Waals surface area contributed by atoms with Crippen molar-refractivity contribution in [1.82, 2.24) is 14.9 Å². The maximum Gasteiger partial charge on any atom is 0.471 e. The van der Waals surface area contributed by atoms with E-state index in [4.69, 9.17) is 14.2 Å². The van der Waals surface area contributed by atoms with Gasteiger partial charge in [0.2, 0.25) is 5.88 Å². The minimum absolute atomic E-state index is 0.0141. The number of carbonyl (C=O) groups is 1. The summed E-state index contributed by atoms with van der Waals surface area (Å²) in [4.78, 5) is 22.3. The first-order chi connectivity index (χ1) is 16.7. The highest BCUT2D eigenvalue weighted by Crippen LogP contribution is 2.40. The highest BCUT2D eigenvalue weighted by Gasteiger charge is 2.45. The van der Waals surface area contributed by atoms with Crippen LogP contribution in [0.4, 0.5) is 13.2 Å². The summed E-state index contributed by atoms with van der Waals surface area (Å²) in [5.74, 6) is -0.413. The molecule has 4 rings (SSSR count). The number of hydrogen-bond donors (Lipinski definition) is 0. The zero-order valence-electron chi connectivity index (χ0n) is 20.1. The van der Waals surface area contributed by atoms with Gasteiger partial charge in [-0.25, -0.2) is 9.97 Å². The lowest BCUT2D eigenvalue weighted by molar-refractivity contribution is -0.189. The lowest BCUT2D eigenvalue weighted by Gasteiger charge is -2.39. The van der Waals surface area contributed by atoms with Crippen LogP contribution in [0.1, 0.15) is 55.5 Å². The number of nitrogens with zero attached hydrogens (tertiary/aromatic N) is 3. The van der Waals surface area contributed by atoms with Gasteiger partial charge in [-0.05, 0) is 55.9 Å². The minimum atomic E-state index is -4.96. The molecule has 0 saturated heterocycles. The summed E-state index contributed by atoms with van der Waals surface area (Å²) in [6.07, 6.45) is -2.40. The molecule has 190 valence electrons. The summed E-state index contributed by atoms with van der Waals surface area (Å²) in [5, 5.41) is 0. The Bertz CT molecular complexity index is 1060.